The Kier molecular flexibility index (Phi) is 8.61. The number of sulfone groups is 1. The lowest BCUT2D eigenvalue weighted by Gasteiger charge is -2.29. The van der Waals surface area contributed by atoms with Crippen molar-refractivity contribution in [1.29, 1.82) is 0 Å². The van der Waals surface area contributed by atoms with Crippen molar-refractivity contribution in [3.05, 3.63) is 77.6 Å². The van der Waals surface area contributed by atoms with Crippen LogP contribution in [0.15, 0.2) is 65.6 Å². The van der Waals surface area contributed by atoms with Gasteiger partial charge in [-0.2, -0.15) is 0 Å². The normalized spacial score (nSPS) is 14.0. The number of halogens is 1. The molecule has 0 bridgehead atoms. The van der Waals surface area contributed by atoms with Crippen molar-refractivity contribution in [2.24, 2.45) is 0 Å². The standard InChI is InChI=1S/C29H32FNO5S/c1-3-4-27(32)16-23-8-7-22(18-29(23)35-2)24-15-26(31-11-13-36-14-12-31)19-28(17-24)37(33,34)20-21-5-9-25(30)10-6-21/h5-10,15,17-19H,3-4,11-14,16,20H2,1-2H3. The maximum Gasteiger partial charge on any atom is 0.182 e. The van der Waals surface area contributed by atoms with Crippen LogP contribution in [0.25, 0.3) is 11.1 Å². The van der Waals surface area contributed by atoms with Crippen molar-refractivity contribution >= 4 is 21.3 Å². The lowest BCUT2D eigenvalue weighted by Crippen LogP contribution is -2.36. The third-order valence-electron chi connectivity index (χ3n) is 6.43. The molecule has 1 heterocycles. The van der Waals surface area contributed by atoms with E-state index >= 15 is 0 Å². The van der Waals surface area contributed by atoms with Gasteiger partial charge in [0.1, 0.15) is 17.3 Å². The molecule has 6 nitrogen and oxygen atoms in total. The smallest absolute Gasteiger partial charge is 0.182 e. The van der Waals surface area contributed by atoms with Crippen LogP contribution in [0.5, 0.6) is 5.75 Å². The second-order valence-corrected chi connectivity index (χ2v) is 11.2. The van der Waals surface area contributed by atoms with Crippen LogP contribution >= 0.6 is 0 Å². The summed E-state index contributed by atoms with van der Waals surface area (Å²) in [7, 11) is -2.16. The zero-order valence-corrected chi connectivity index (χ0v) is 22.0. The molecule has 196 valence electrons. The summed E-state index contributed by atoms with van der Waals surface area (Å²) in [4.78, 5) is 14.5. The third kappa shape index (κ3) is 6.76. The Labute approximate surface area is 217 Å². The molecule has 0 spiro atoms. The lowest BCUT2D eigenvalue weighted by molar-refractivity contribution is -0.118. The monoisotopic (exact) mass is 525 g/mol. The molecular formula is C29H32FNO5S. The number of hydrogen-bond donors (Lipinski definition) is 0. The molecule has 0 aliphatic carbocycles. The molecule has 4 rings (SSSR count). The molecule has 37 heavy (non-hydrogen) atoms. The number of carbonyl (C=O) groups excluding carboxylic acids is 1. The van der Waals surface area contributed by atoms with Gasteiger partial charge in [0.25, 0.3) is 0 Å². The fourth-order valence-electron chi connectivity index (χ4n) is 4.47. The van der Waals surface area contributed by atoms with E-state index < -0.39 is 15.7 Å². The Hall–Kier alpha value is -3.23. The Balaban J connectivity index is 1.74. The van der Waals surface area contributed by atoms with Gasteiger partial charge in [0, 0.05) is 37.2 Å². The van der Waals surface area contributed by atoms with Crippen LogP contribution in [-0.4, -0.2) is 47.6 Å². The Morgan fingerprint density at radius 3 is 2.41 bits per heavy atom. The highest BCUT2D eigenvalue weighted by molar-refractivity contribution is 7.90. The number of rotatable bonds is 10. The lowest BCUT2D eigenvalue weighted by atomic mass is 9.99. The van der Waals surface area contributed by atoms with E-state index in [1.807, 2.05) is 31.2 Å². The highest BCUT2D eigenvalue weighted by Crippen LogP contribution is 2.34. The van der Waals surface area contributed by atoms with Gasteiger partial charge < -0.3 is 14.4 Å². The van der Waals surface area contributed by atoms with Crippen LogP contribution in [0.2, 0.25) is 0 Å². The molecule has 1 aliphatic rings. The molecule has 0 radical (unpaired) electrons. The SMILES string of the molecule is CCCC(=O)Cc1ccc(-c2cc(N3CCOCC3)cc(S(=O)(=O)Cc3ccc(F)cc3)c2)cc1OC. The van der Waals surface area contributed by atoms with Crippen molar-refractivity contribution in [3.63, 3.8) is 0 Å². The maximum absolute atomic E-state index is 13.5. The molecule has 1 aliphatic heterocycles. The molecule has 0 N–H and O–H groups in total. The van der Waals surface area contributed by atoms with Crippen LogP contribution < -0.4 is 9.64 Å². The number of benzene rings is 3. The minimum absolute atomic E-state index is 0.150. The van der Waals surface area contributed by atoms with Crippen molar-refractivity contribution in [1.82, 2.24) is 0 Å². The van der Waals surface area contributed by atoms with E-state index in [4.69, 9.17) is 9.47 Å². The predicted molar refractivity (Wildman–Crippen MR) is 142 cm³/mol. The molecule has 1 saturated heterocycles. The predicted octanol–water partition coefficient (Wildman–Crippen LogP) is 5.22. The highest BCUT2D eigenvalue weighted by Gasteiger charge is 2.21. The molecule has 0 aromatic heterocycles. The van der Waals surface area contributed by atoms with Crippen LogP contribution in [0.3, 0.4) is 0 Å². The fraction of sp³-hybridized carbons (Fsp3) is 0.345. The zero-order valence-electron chi connectivity index (χ0n) is 21.2. The summed E-state index contributed by atoms with van der Waals surface area (Å²) in [6.45, 7) is 4.42. The summed E-state index contributed by atoms with van der Waals surface area (Å²) >= 11 is 0. The molecule has 0 saturated carbocycles. The fourth-order valence-corrected chi connectivity index (χ4v) is 5.87. The average Bonchev–Trinajstić information content (AvgIpc) is 2.90. The van der Waals surface area contributed by atoms with E-state index in [1.54, 1.807) is 19.2 Å². The Bertz CT molecular complexity index is 1350. The second kappa shape index (κ2) is 11.9. The first-order chi connectivity index (χ1) is 17.8. The minimum atomic E-state index is -3.72. The van der Waals surface area contributed by atoms with Crippen molar-refractivity contribution in [2.75, 3.05) is 38.3 Å². The van der Waals surface area contributed by atoms with Gasteiger partial charge in [-0.3, -0.25) is 4.79 Å². The topological polar surface area (TPSA) is 72.9 Å². The number of ketones is 1. The Morgan fingerprint density at radius 1 is 1.00 bits per heavy atom. The first-order valence-corrected chi connectivity index (χ1v) is 14.1. The van der Waals surface area contributed by atoms with E-state index in [0.29, 0.717) is 50.5 Å². The number of anilines is 1. The molecule has 1 fully saturated rings. The largest absolute Gasteiger partial charge is 0.496 e. The molecule has 0 unspecified atom stereocenters. The van der Waals surface area contributed by atoms with Gasteiger partial charge in [0.05, 0.1) is 31.0 Å². The van der Waals surface area contributed by atoms with Crippen LogP contribution in [-0.2, 0) is 31.5 Å². The first-order valence-electron chi connectivity index (χ1n) is 12.4. The number of ether oxygens (including phenoxy) is 2. The van der Waals surface area contributed by atoms with Gasteiger partial charge in [0.2, 0.25) is 0 Å². The maximum atomic E-state index is 13.5. The van der Waals surface area contributed by atoms with E-state index in [2.05, 4.69) is 4.90 Å². The van der Waals surface area contributed by atoms with Crippen molar-refractivity contribution in [3.8, 4) is 16.9 Å². The summed E-state index contributed by atoms with van der Waals surface area (Å²) in [5, 5.41) is 0. The van der Waals surface area contributed by atoms with Gasteiger partial charge in [-0.05, 0) is 59.5 Å². The molecule has 0 atom stereocenters. The van der Waals surface area contributed by atoms with Gasteiger partial charge in [0.15, 0.2) is 9.84 Å². The summed E-state index contributed by atoms with van der Waals surface area (Å²) in [6.07, 6.45) is 1.60. The highest BCUT2D eigenvalue weighted by atomic mass is 32.2. The van der Waals surface area contributed by atoms with Gasteiger partial charge in [-0.1, -0.05) is 31.2 Å². The molecular weight excluding hydrogens is 493 g/mol. The zero-order chi connectivity index (χ0) is 26.4. The minimum Gasteiger partial charge on any atom is -0.496 e. The molecule has 0 amide bonds. The van der Waals surface area contributed by atoms with Gasteiger partial charge >= 0.3 is 0 Å². The summed E-state index contributed by atoms with van der Waals surface area (Å²) < 4.78 is 51.3. The number of carbonyl (C=O) groups is 1. The molecule has 3 aromatic rings. The summed E-state index contributed by atoms with van der Waals surface area (Å²) in [6, 6.07) is 16.5. The summed E-state index contributed by atoms with van der Waals surface area (Å²) in [5.41, 5.74) is 3.63. The number of nitrogens with zero attached hydrogens (tertiary/aromatic N) is 1. The number of morpholine rings is 1. The van der Waals surface area contributed by atoms with Gasteiger partial charge in [-0.25, -0.2) is 12.8 Å². The van der Waals surface area contributed by atoms with E-state index in [1.165, 1.54) is 24.3 Å². The third-order valence-corrected chi connectivity index (χ3v) is 8.10. The molecule has 3 aromatic carbocycles. The van der Waals surface area contributed by atoms with E-state index in [9.17, 15) is 17.6 Å². The van der Waals surface area contributed by atoms with Crippen molar-refractivity contribution in [2.45, 2.75) is 36.8 Å². The van der Waals surface area contributed by atoms with Crippen molar-refractivity contribution < 1.29 is 27.1 Å². The Morgan fingerprint density at radius 2 is 1.73 bits per heavy atom. The first kappa shape index (κ1) is 26.8. The number of Topliss-reactive ketones (excluding diaryl/α,β-unsaturated/α-hetero) is 1. The number of hydrogen-bond acceptors (Lipinski definition) is 6. The second-order valence-electron chi connectivity index (χ2n) is 9.19. The van der Waals surface area contributed by atoms with Crippen LogP contribution in [0.4, 0.5) is 10.1 Å². The summed E-state index contributed by atoms with van der Waals surface area (Å²) in [5.74, 6) is 0.0965. The van der Waals surface area contributed by atoms with E-state index in [-0.39, 0.29) is 16.4 Å². The van der Waals surface area contributed by atoms with Crippen LogP contribution in [0.1, 0.15) is 30.9 Å². The van der Waals surface area contributed by atoms with Crippen LogP contribution in [0, 0.1) is 5.82 Å². The average molecular weight is 526 g/mol. The quantitative estimate of drug-likeness (QED) is 0.361. The number of methoxy groups -OCH3 is 1. The van der Waals surface area contributed by atoms with Gasteiger partial charge in [-0.15, -0.1) is 0 Å². The van der Waals surface area contributed by atoms with E-state index in [0.717, 1.165) is 28.8 Å². The molecule has 8 heteroatoms.